The second kappa shape index (κ2) is 16.0. The van der Waals surface area contributed by atoms with Crippen molar-refractivity contribution in [2.24, 2.45) is 0 Å². The molecular weight excluding hydrogens is 286 g/mol. The van der Waals surface area contributed by atoms with Crippen LogP contribution >= 0.6 is 0 Å². The van der Waals surface area contributed by atoms with Gasteiger partial charge in [0, 0.05) is 18.7 Å². The lowest BCUT2D eigenvalue weighted by atomic mass is 10.1. The Bertz CT molecular complexity index is 286. The highest BCUT2D eigenvalue weighted by atomic mass is 16.7. The quantitative estimate of drug-likeness (QED) is 0.197. The van der Waals surface area contributed by atoms with Gasteiger partial charge in [-0.3, -0.25) is 0 Å². The van der Waals surface area contributed by atoms with Crippen LogP contribution in [0.25, 0.3) is 0 Å². The Kier molecular flexibility index (Phi) is 15.5. The maximum absolute atomic E-state index is 11.7. The van der Waals surface area contributed by atoms with Gasteiger partial charge in [-0.15, -0.1) is 5.06 Å². The average Bonchev–Trinajstić information content (AvgIpc) is 2.53. The van der Waals surface area contributed by atoms with E-state index in [1.165, 1.54) is 64.2 Å². The first-order chi connectivity index (χ1) is 11.1. The molecule has 136 valence electrons. The number of hydrogen-bond donors (Lipinski definition) is 0. The zero-order valence-electron chi connectivity index (χ0n) is 15.9. The van der Waals surface area contributed by atoms with Crippen LogP contribution in [0, 0.1) is 0 Å². The Hall–Kier alpha value is -0.830. The number of hydrogen-bond acceptors (Lipinski definition) is 3. The summed E-state index contributed by atoms with van der Waals surface area (Å²) < 4.78 is 0. The third kappa shape index (κ3) is 14.5. The summed E-state index contributed by atoms with van der Waals surface area (Å²) in [5.41, 5.74) is 0.473. The van der Waals surface area contributed by atoms with Gasteiger partial charge in [-0.05, 0) is 19.8 Å². The number of carbonyl (C=O) groups excluding carboxylic acids is 1. The van der Waals surface area contributed by atoms with Gasteiger partial charge in [0.05, 0.1) is 0 Å². The predicted molar refractivity (Wildman–Crippen MR) is 99.2 cm³/mol. The summed E-state index contributed by atoms with van der Waals surface area (Å²) in [6.45, 7) is 11.5. The van der Waals surface area contributed by atoms with E-state index < -0.39 is 0 Å². The van der Waals surface area contributed by atoms with E-state index >= 15 is 0 Å². The van der Waals surface area contributed by atoms with Crippen molar-refractivity contribution in [1.29, 1.82) is 0 Å². The molecule has 0 saturated carbocycles. The summed E-state index contributed by atoms with van der Waals surface area (Å²) in [5.74, 6) is -0.290. The van der Waals surface area contributed by atoms with E-state index in [4.69, 9.17) is 4.84 Å². The van der Waals surface area contributed by atoms with E-state index in [1.54, 1.807) is 6.92 Å². The zero-order chi connectivity index (χ0) is 17.3. The number of nitrogens with zero attached hydrogens (tertiary/aromatic N) is 1. The van der Waals surface area contributed by atoms with E-state index in [2.05, 4.69) is 20.4 Å². The lowest BCUT2D eigenvalue weighted by Gasteiger charge is -2.21. The van der Waals surface area contributed by atoms with Gasteiger partial charge in [-0.2, -0.15) is 0 Å². The smallest absolute Gasteiger partial charge is 0.352 e. The summed E-state index contributed by atoms with van der Waals surface area (Å²) in [4.78, 5) is 17.2. The van der Waals surface area contributed by atoms with Gasteiger partial charge in [0.2, 0.25) is 0 Å². The van der Waals surface area contributed by atoms with Crippen LogP contribution in [-0.2, 0) is 9.63 Å². The maximum Gasteiger partial charge on any atom is 0.352 e. The van der Waals surface area contributed by atoms with Crippen LogP contribution in [0.3, 0.4) is 0 Å². The Morgan fingerprint density at radius 2 is 1.17 bits per heavy atom. The van der Waals surface area contributed by atoms with Crippen molar-refractivity contribution in [2.45, 2.75) is 97.8 Å². The van der Waals surface area contributed by atoms with Crippen LogP contribution in [-0.4, -0.2) is 24.1 Å². The SMILES string of the molecule is C=C(C)C(=O)ON(CCCCCCCC)CCCCCCCC. The largest absolute Gasteiger partial charge is 0.364 e. The van der Waals surface area contributed by atoms with Gasteiger partial charge in [0.25, 0.3) is 0 Å². The van der Waals surface area contributed by atoms with Crippen molar-refractivity contribution in [3.05, 3.63) is 12.2 Å². The van der Waals surface area contributed by atoms with Crippen LogP contribution in [0.1, 0.15) is 97.8 Å². The Morgan fingerprint density at radius 1 is 0.783 bits per heavy atom. The summed E-state index contributed by atoms with van der Waals surface area (Å²) in [5, 5.41) is 1.86. The molecular formula is C20H39NO2. The Morgan fingerprint density at radius 3 is 1.57 bits per heavy atom. The van der Waals surface area contributed by atoms with Crippen molar-refractivity contribution < 1.29 is 9.63 Å². The number of unbranched alkanes of at least 4 members (excludes halogenated alkanes) is 10. The van der Waals surface area contributed by atoms with Crippen LogP contribution in [0.15, 0.2) is 12.2 Å². The first kappa shape index (κ1) is 22.2. The van der Waals surface area contributed by atoms with Crippen LogP contribution in [0.5, 0.6) is 0 Å². The normalized spacial score (nSPS) is 11.0. The molecule has 0 aromatic heterocycles. The molecule has 0 aliphatic carbocycles. The van der Waals surface area contributed by atoms with E-state index in [0.717, 1.165) is 25.9 Å². The standard InChI is InChI=1S/C20H39NO2/c1-5-7-9-11-13-15-17-21(23-20(22)19(3)4)18-16-14-12-10-8-6-2/h3,5-18H2,1-2,4H3. The summed E-state index contributed by atoms with van der Waals surface area (Å²) >= 11 is 0. The number of carbonyl (C=O) groups is 1. The van der Waals surface area contributed by atoms with Crippen molar-refractivity contribution in [3.8, 4) is 0 Å². The molecule has 0 spiro atoms. The number of rotatable bonds is 16. The fraction of sp³-hybridized carbons (Fsp3) is 0.850. The minimum absolute atomic E-state index is 0.290. The molecule has 0 bridgehead atoms. The first-order valence-corrected chi connectivity index (χ1v) is 9.74. The molecule has 0 heterocycles. The molecule has 0 aliphatic heterocycles. The molecule has 0 amide bonds. The molecule has 0 aliphatic rings. The van der Waals surface area contributed by atoms with Gasteiger partial charge < -0.3 is 4.84 Å². The maximum atomic E-state index is 11.7. The van der Waals surface area contributed by atoms with Crippen molar-refractivity contribution in [2.75, 3.05) is 13.1 Å². The summed E-state index contributed by atoms with van der Waals surface area (Å²) in [6, 6.07) is 0. The molecule has 0 aromatic carbocycles. The second-order valence-corrected chi connectivity index (χ2v) is 6.62. The molecule has 0 atom stereocenters. The molecule has 23 heavy (non-hydrogen) atoms. The van der Waals surface area contributed by atoms with E-state index in [9.17, 15) is 4.79 Å². The lowest BCUT2D eigenvalue weighted by Crippen LogP contribution is -2.29. The summed E-state index contributed by atoms with van der Waals surface area (Å²) in [6.07, 6.45) is 15.1. The first-order valence-electron chi connectivity index (χ1n) is 9.74. The lowest BCUT2D eigenvalue weighted by molar-refractivity contribution is -0.186. The fourth-order valence-corrected chi connectivity index (χ4v) is 2.54. The second-order valence-electron chi connectivity index (χ2n) is 6.62. The molecule has 0 fully saturated rings. The highest BCUT2D eigenvalue weighted by molar-refractivity contribution is 5.86. The molecule has 0 saturated heterocycles. The third-order valence-electron chi connectivity index (χ3n) is 4.08. The van der Waals surface area contributed by atoms with Crippen LogP contribution in [0.2, 0.25) is 0 Å². The minimum atomic E-state index is -0.290. The monoisotopic (exact) mass is 325 g/mol. The Balaban J connectivity index is 3.94. The molecule has 3 heteroatoms. The van der Waals surface area contributed by atoms with Crippen LogP contribution < -0.4 is 0 Å². The van der Waals surface area contributed by atoms with Gasteiger partial charge >= 0.3 is 5.97 Å². The average molecular weight is 326 g/mol. The topological polar surface area (TPSA) is 29.5 Å². The molecule has 0 N–H and O–H groups in total. The highest BCUT2D eigenvalue weighted by Gasteiger charge is 2.12. The predicted octanol–water partition coefficient (Wildman–Crippen LogP) is 6.04. The number of hydroxylamine groups is 2. The van der Waals surface area contributed by atoms with Gasteiger partial charge in [0.15, 0.2) is 0 Å². The van der Waals surface area contributed by atoms with Crippen molar-refractivity contribution in [1.82, 2.24) is 5.06 Å². The molecule has 0 unspecified atom stereocenters. The van der Waals surface area contributed by atoms with Gasteiger partial charge in [-0.1, -0.05) is 84.6 Å². The van der Waals surface area contributed by atoms with E-state index in [-0.39, 0.29) is 5.97 Å². The van der Waals surface area contributed by atoms with E-state index in [0.29, 0.717) is 5.57 Å². The van der Waals surface area contributed by atoms with Gasteiger partial charge in [0.1, 0.15) is 0 Å². The fourth-order valence-electron chi connectivity index (χ4n) is 2.54. The minimum Gasteiger partial charge on any atom is -0.364 e. The van der Waals surface area contributed by atoms with Crippen molar-refractivity contribution >= 4 is 5.97 Å². The molecule has 3 nitrogen and oxygen atoms in total. The summed E-state index contributed by atoms with van der Waals surface area (Å²) in [7, 11) is 0. The molecule has 0 aromatic rings. The Labute approximate surface area is 144 Å². The highest BCUT2D eigenvalue weighted by Crippen LogP contribution is 2.10. The molecule has 0 rings (SSSR count). The van der Waals surface area contributed by atoms with Gasteiger partial charge in [-0.25, -0.2) is 4.79 Å². The van der Waals surface area contributed by atoms with Crippen molar-refractivity contribution in [3.63, 3.8) is 0 Å². The third-order valence-corrected chi connectivity index (χ3v) is 4.08. The van der Waals surface area contributed by atoms with E-state index in [1.807, 2.05) is 5.06 Å². The molecule has 0 radical (unpaired) electrons. The van der Waals surface area contributed by atoms with Crippen LogP contribution in [0.4, 0.5) is 0 Å². The zero-order valence-corrected chi connectivity index (χ0v) is 15.9.